The van der Waals surface area contributed by atoms with Crippen molar-refractivity contribution in [2.45, 2.75) is 31.6 Å². The van der Waals surface area contributed by atoms with Crippen LogP contribution in [0.25, 0.3) is 28.2 Å². The van der Waals surface area contributed by atoms with E-state index in [-0.39, 0.29) is 18.8 Å². The lowest BCUT2D eigenvalue weighted by molar-refractivity contribution is -0.0410. The van der Waals surface area contributed by atoms with Gasteiger partial charge in [0, 0.05) is 23.4 Å². The van der Waals surface area contributed by atoms with Crippen LogP contribution >= 0.6 is 11.6 Å². The predicted molar refractivity (Wildman–Crippen MR) is 102 cm³/mol. The normalized spacial score (nSPS) is 18.0. The van der Waals surface area contributed by atoms with E-state index in [0.717, 1.165) is 28.0 Å². The molecule has 5 heteroatoms. The molecule has 0 bridgehead atoms. The van der Waals surface area contributed by atoms with E-state index in [1.54, 1.807) is 0 Å². The summed E-state index contributed by atoms with van der Waals surface area (Å²) in [5, 5.41) is 0.709. The number of rotatable bonds is 3. The van der Waals surface area contributed by atoms with Gasteiger partial charge in [0.1, 0.15) is 5.82 Å². The van der Waals surface area contributed by atoms with Gasteiger partial charge in [-0.05, 0) is 48.6 Å². The zero-order valence-corrected chi connectivity index (χ0v) is 14.9. The van der Waals surface area contributed by atoms with E-state index in [0.29, 0.717) is 17.9 Å². The smallest absolute Gasteiger partial charge is 0.248 e. The average Bonchev–Trinajstić information content (AvgIpc) is 3.03. The molecule has 1 N–H and O–H groups in total. The molecule has 26 heavy (non-hydrogen) atoms. The number of nitrogens with one attached hydrogen (secondary N) is 1. The molecule has 1 fully saturated rings. The molecule has 2 nitrogen and oxygen atoms in total. The largest absolute Gasteiger partial charge is 0.338 e. The lowest BCUT2D eigenvalue weighted by Crippen LogP contribution is -2.23. The summed E-state index contributed by atoms with van der Waals surface area (Å²) in [4.78, 5) is 7.85. The number of hydrogen-bond acceptors (Lipinski definition) is 1. The van der Waals surface area contributed by atoms with Crippen molar-refractivity contribution in [3.63, 3.8) is 0 Å². The fourth-order valence-electron chi connectivity index (χ4n) is 3.45. The van der Waals surface area contributed by atoms with Gasteiger partial charge in [-0.25, -0.2) is 13.8 Å². The van der Waals surface area contributed by atoms with E-state index >= 15 is 0 Å². The van der Waals surface area contributed by atoms with Crippen LogP contribution in [0, 0.1) is 5.92 Å². The quantitative estimate of drug-likeness (QED) is 0.543. The number of alkyl halides is 2. The van der Waals surface area contributed by atoms with Crippen LogP contribution in [0.4, 0.5) is 8.78 Å². The number of halogens is 3. The van der Waals surface area contributed by atoms with Crippen molar-refractivity contribution in [3.05, 3.63) is 59.4 Å². The number of hydrogen-bond donors (Lipinski definition) is 1. The standard InChI is InChI=1S/C21H19ClF2N2/c22-17-4-2-1-3-16(17)15-6-7-18-19(13-15)26-20(25-18)8-5-14-9-11-21(23,24)12-10-14/h1-8,13-14H,9-12H2,(H,25,26)/b8-5+. The molecule has 1 saturated carbocycles. The zero-order valence-electron chi connectivity index (χ0n) is 14.2. The first-order chi connectivity index (χ1) is 12.5. The lowest BCUT2D eigenvalue weighted by Gasteiger charge is -2.26. The van der Waals surface area contributed by atoms with Crippen molar-refractivity contribution in [1.29, 1.82) is 0 Å². The highest BCUT2D eigenvalue weighted by atomic mass is 35.5. The summed E-state index contributed by atoms with van der Waals surface area (Å²) in [5.74, 6) is -1.55. The monoisotopic (exact) mass is 372 g/mol. The number of aromatic nitrogens is 2. The van der Waals surface area contributed by atoms with E-state index in [9.17, 15) is 8.78 Å². The van der Waals surface area contributed by atoms with Crippen LogP contribution in [-0.4, -0.2) is 15.9 Å². The fraction of sp³-hybridized carbons (Fsp3) is 0.286. The van der Waals surface area contributed by atoms with E-state index in [1.807, 2.05) is 54.6 Å². The third-order valence-electron chi connectivity index (χ3n) is 4.97. The van der Waals surface area contributed by atoms with E-state index in [2.05, 4.69) is 9.97 Å². The molecule has 1 aliphatic rings. The van der Waals surface area contributed by atoms with Gasteiger partial charge in [-0.1, -0.05) is 41.9 Å². The van der Waals surface area contributed by atoms with Crippen molar-refractivity contribution in [2.24, 2.45) is 5.92 Å². The Morgan fingerprint density at radius 3 is 2.65 bits per heavy atom. The average molecular weight is 373 g/mol. The Bertz CT molecular complexity index is 952. The molecular weight excluding hydrogens is 354 g/mol. The molecule has 0 amide bonds. The van der Waals surface area contributed by atoms with Crippen molar-refractivity contribution in [3.8, 4) is 11.1 Å². The molecule has 4 rings (SSSR count). The summed E-state index contributed by atoms with van der Waals surface area (Å²) in [6.45, 7) is 0. The van der Waals surface area contributed by atoms with Gasteiger partial charge >= 0.3 is 0 Å². The summed E-state index contributed by atoms with van der Waals surface area (Å²) >= 11 is 6.28. The minimum Gasteiger partial charge on any atom is -0.338 e. The summed E-state index contributed by atoms with van der Waals surface area (Å²) in [7, 11) is 0. The highest BCUT2D eigenvalue weighted by Crippen LogP contribution is 2.37. The molecule has 0 saturated heterocycles. The fourth-order valence-corrected chi connectivity index (χ4v) is 3.70. The van der Waals surface area contributed by atoms with Gasteiger partial charge in [0.2, 0.25) is 5.92 Å². The van der Waals surface area contributed by atoms with Crippen LogP contribution in [0.5, 0.6) is 0 Å². The van der Waals surface area contributed by atoms with Gasteiger partial charge < -0.3 is 4.98 Å². The van der Waals surface area contributed by atoms with E-state index in [1.165, 1.54) is 0 Å². The highest BCUT2D eigenvalue weighted by molar-refractivity contribution is 6.33. The maximum atomic E-state index is 13.2. The molecule has 1 heterocycles. The maximum Gasteiger partial charge on any atom is 0.248 e. The molecule has 0 unspecified atom stereocenters. The number of H-pyrrole nitrogens is 1. The molecule has 2 aromatic carbocycles. The Morgan fingerprint density at radius 2 is 1.88 bits per heavy atom. The number of imidazole rings is 1. The summed E-state index contributed by atoms with van der Waals surface area (Å²) in [6.07, 6.45) is 4.92. The second kappa shape index (κ2) is 6.84. The molecular formula is C21H19ClF2N2. The van der Waals surface area contributed by atoms with Gasteiger partial charge in [0.05, 0.1) is 11.0 Å². The van der Waals surface area contributed by atoms with Crippen LogP contribution in [0.3, 0.4) is 0 Å². The van der Waals surface area contributed by atoms with E-state index in [4.69, 9.17) is 11.6 Å². The summed E-state index contributed by atoms with van der Waals surface area (Å²) < 4.78 is 26.5. The first-order valence-corrected chi connectivity index (χ1v) is 9.19. The Morgan fingerprint density at radius 1 is 1.12 bits per heavy atom. The molecule has 0 aliphatic heterocycles. The van der Waals surface area contributed by atoms with Gasteiger partial charge in [-0.3, -0.25) is 0 Å². The Kier molecular flexibility index (Phi) is 4.53. The van der Waals surface area contributed by atoms with Crippen molar-refractivity contribution in [1.82, 2.24) is 9.97 Å². The highest BCUT2D eigenvalue weighted by Gasteiger charge is 2.33. The zero-order chi connectivity index (χ0) is 18.1. The van der Waals surface area contributed by atoms with Crippen LogP contribution in [0.2, 0.25) is 5.02 Å². The topological polar surface area (TPSA) is 28.7 Å². The number of benzene rings is 2. The molecule has 0 atom stereocenters. The second-order valence-corrected chi connectivity index (χ2v) is 7.29. The molecule has 0 radical (unpaired) electrons. The van der Waals surface area contributed by atoms with Crippen LogP contribution in [0.1, 0.15) is 31.5 Å². The Balaban J connectivity index is 1.55. The lowest BCUT2D eigenvalue weighted by atomic mass is 9.86. The first kappa shape index (κ1) is 17.2. The Labute approximate surface area is 155 Å². The molecule has 1 aliphatic carbocycles. The molecule has 1 aromatic heterocycles. The maximum absolute atomic E-state index is 13.2. The van der Waals surface area contributed by atoms with Gasteiger partial charge in [-0.15, -0.1) is 0 Å². The predicted octanol–water partition coefficient (Wildman–Crippen LogP) is 6.72. The van der Waals surface area contributed by atoms with Crippen molar-refractivity contribution in [2.75, 3.05) is 0 Å². The van der Waals surface area contributed by atoms with E-state index < -0.39 is 5.92 Å². The number of fused-ring (bicyclic) bond motifs is 1. The van der Waals surface area contributed by atoms with Crippen LogP contribution < -0.4 is 0 Å². The number of aromatic amines is 1. The second-order valence-electron chi connectivity index (χ2n) is 6.89. The third-order valence-corrected chi connectivity index (χ3v) is 5.30. The molecule has 3 aromatic rings. The van der Waals surface area contributed by atoms with Crippen LogP contribution in [0.15, 0.2) is 48.5 Å². The molecule has 0 spiro atoms. The number of nitrogens with zero attached hydrogens (tertiary/aromatic N) is 1. The van der Waals surface area contributed by atoms with Gasteiger partial charge in [0.25, 0.3) is 0 Å². The van der Waals surface area contributed by atoms with Gasteiger partial charge in [-0.2, -0.15) is 0 Å². The Hall–Kier alpha value is -2.20. The molecule has 134 valence electrons. The third kappa shape index (κ3) is 3.65. The van der Waals surface area contributed by atoms with Crippen molar-refractivity contribution < 1.29 is 8.78 Å². The van der Waals surface area contributed by atoms with Crippen LogP contribution in [-0.2, 0) is 0 Å². The SMILES string of the molecule is FC1(F)CCC(/C=C/c2nc3ccc(-c4ccccc4Cl)cc3[nH]2)CC1. The van der Waals surface area contributed by atoms with Crippen molar-refractivity contribution >= 4 is 28.7 Å². The minimum absolute atomic E-state index is 0.0245. The summed E-state index contributed by atoms with van der Waals surface area (Å²) in [6, 6.07) is 13.7. The van der Waals surface area contributed by atoms with Gasteiger partial charge in [0.15, 0.2) is 0 Å². The summed E-state index contributed by atoms with van der Waals surface area (Å²) in [5.41, 5.74) is 3.80. The number of allylic oxidation sites excluding steroid dienone is 1. The minimum atomic E-state index is -2.49. The first-order valence-electron chi connectivity index (χ1n) is 8.81.